The topological polar surface area (TPSA) is 26.3 Å². The van der Waals surface area contributed by atoms with Crippen LogP contribution in [0.25, 0.3) is 0 Å². The van der Waals surface area contributed by atoms with Crippen LogP contribution in [0.15, 0.2) is 54.6 Å². The van der Waals surface area contributed by atoms with Crippen LogP contribution in [0.4, 0.5) is 0 Å². The van der Waals surface area contributed by atoms with E-state index in [1.54, 1.807) is 14.0 Å². The Morgan fingerprint density at radius 1 is 1.10 bits per heavy atom. The molecular formula is C18H18O2. The van der Waals surface area contributed by atoms with Crippen LogP contribution in [0.3, 0.4) is 0 Å². The predicted octanol–water partition coefficient (Wildman–Crippen LogP) is 3.71. The third kappa shape index (κ3) is 1.92. The number of ether oxygens (including phenoxy) is 1. The minimum atomic E-state index is -0.340. The van der Waals surface area contributed by atoms with Gasteiger partial charge in [0.2, 0.25) is 0 Å². The first-order valence-corrected chi connectivity index (χ1v) is 6.89. The molecule has 2 nitrogen and oxygen atoms in total. The molecule has 0 bridgehead atoms. The largest absolute Gasteiger partial charge is 0.497 e. The van der Waals surface area contributed by atoms with Crippen LogP contribution in [-0.2, 0) is 10.2 Å². The molecule has 0 heterocycles. The van der Waals surface area contributed by atoms with Gasteiger partial charge in [-0.05, 0) is 36.6 Å². The summed E-state index contributed by atoms with van der Waals surface area (Å²) in [4.78, 5) is 12.2. The molecule has 0 saturated heterocycles. The number of rotatable bonds is 4. The van der Waals surface area contributed by atoms with E-state index in [1.807, 2.05) is 42.5 Å². The highest BCUT2D eigenvalue weighted by atomic mass is 16.5. The first-order chi connectivity index (χ1) is 9.68. The van der Waals surface area contributed by atoms with Crippen molar-refractivity contribution < 1.29 is 9.53 Å². The smallest absolute Gasteiger partial charge is 0.140 e. The summed E-state index contributed by atoms with van der Waals surface area (Å²) in [7, 11) is 1.65. The van der Waals surface area contributed by atoms with Crippen molar-refractivity contribution in [1.82, 2.24) is 0 Å². The predicted molar refractivity (Wildman–Crippen MR) is 79.2 cm³/mol. The summed E-state index contributed by atoms with van der Waals surface area (Å²) in [6.45, 7) is 1.70. The van der Waals surface area contributed by atoms with Crippen LogP contribution in [0.1, 0.15) is 30.4 Å². The Morgan fingerprint density at radius 3 is 2.30 bits per heavy atom. The lowest BCUT2D eigenvalue weighted by molar-refractivity contribution is -0.119. The van der Waals surface area contributed by atoms with Gasteiger partial charge >= 0.3 is 0 Å². The minimum Gasteiger partial charge on any atom is -0.497 e. The molecular weight excluding hydrogens is 248 g/mol. The second-order valence-corrected chi connectivity index (χ2v) is 5.42. The van der Waals surface area contributed by atoms with E-state index >= 15 is 0 Å². The second-order valence-electron chi connectivity index (χ2n) is 5.42. The molecule has 1 fully saturated rings. The van der Waals surface area contributed by atoms with Crippen LogP contribution >= 0.6 is 0 Å². The number of carbonyl (C=O) groups is 1. The monoisotopic (exact) mass is 266 g/mol. The summed E-state index contributed by atoms with van der Waals surface area (Å²) >= 11 is 0. The van der Waals surface area contributed by atoms with E-state index in [0.29, 0.717) is 5.92 Å². The van der Waals surface area contributed by atoms with E-state index in [-0.39, 0.29) is 11.2 Å². The van der Waals surface area contributed by atoms with E-state index in [1.165, 1.54) is 5.56 Å². The standard InChI is InChI=1S/C18H18O2/c1-13(19)18(15-8-10-16(20-2)11-9-15)12-17(18)14-6-4-3-5-7-14/h3-11,17H,12H2,1-2H3/t17-,18-/m1/s1. The average Bonchev–Trinajstić information content (AvgIpc) is 3.25. The van der Waals surface area contributed by atoms with Gasteiger partial charge in [-0.2, -0.15) is 0 Å². The van der Waals surface area contributed by atoms with Crippen molar-refractivity contribution in [2.75, 3.05) is 7.11 Å². The zero-order chi connectivity index (χ0) is 14.2. The third-order valence-corrected chi connectivity index (χ3v) is 4.40. The van der Waals surface area contributed by atoms with Gasteiger partial charge in [-0.25, -0.2) is 0 Å². The van der Waals surface area contributed by atoms with Crippen LogP contribution in [0.5, 0.6) is 5.75 Å². The lowest BCUT2D eigenvalue weighted by atomic mass is 9.87. The van der Waals surface area contributed by atoms with Gasteiger partial charge in [0.1, 0.15) is 11.5 Å². The Labute approximate surface area is 119 Å². The fourth-order valence-corrected chi connectivity index (χ4v) is 3.15. The summed E-state index contributed by atoms with van der Waals surface area (Å²) in [5, 5.41) is 0. The fourth-order valence-electron chi connectivity index (χ4n) is 3.15. The number of ketones is 1. The fraction of sp³-hybridized carbons (Fsp3) is 0.278. The van der Waals surface area contributed by atoms with E-state index in [9.17, 15) is 4.79 Å². The van der Waals surface area contributed by atoms with Gasteiger partial charge in [0.05, 0.1) is 12.5 Å². The Balaban J connectivity index is 1.97. The lowest BCUT2D eigenvalue weighted by Gasteiger charge is -2.15. The molecule has 2 heteroatoms. The zero-order valence-corrected chi connectivity index (χ0v) is 11.8. The van der Waals surface area contributed by atoms with Gasteiger partial charge in [-0.3, -0.25) is 4.79 Å². The molecule has 102 valence electrons. The van der Waals surface area contributed by atoms with Crippen LogP contribution in [0.2, 0.25) is 0 Å². The molecule has 0 N–H and O–H groups in total. The third-order valence-electron chi connectivity index (χ3n) is 4.40. The molecule has 1 aliphatic rings. The Kier molecular flexibility index (Phi) is 3.09. The van der Waals surface area contributed by atoms with Gasteiger partial charge in [0.15, 0.2) is 0 Å². The molecule has 20 heavy (non-hydrogen) atoms. The lowest BCUT2D eigenvalue weighted by Crippen LogP contribution is -2.19. The normalized spacial score (nSPS) is 24.2. The molecule has 0 aromatic heterocycles. The van der Waals surface area contributed by atoms with Crippen LogP contribution in [0, 0.1) is 0 Å². The first kappa shape index (κ1) is 12.9. The van der Waals surface area contributed by atoms with Crippen molar-refractivity contribution in [3.05, 3.63) is 65.7 Å². The van der Waals surface area contributed by atoms with Crippen LogP contribution < -0.4 is 4.74 Å². The molecule has 3 rings (SSSR count). The minimum absolute atomic E-state index is 0.247. The summed E-state index contributed by atoms with van der Waals surface area (Å²) in [6.07, 6.45) is 0.901. The van der Waals surface area contributed by atoms with Gasteiger partial charge in [0.25, 0.3) is 0 Å². The van der Waals surface area contributed by atoms with E-state index in [0.717, 1.165) is 17.7 Å². The maximum Gasteiger partial charge on any atom is 0.140 e. The number of methoxy groups -OCH3 is 1. The maximum atomic E-state index is 12.2. The highest BCUT2D eigenvalue weighted by Gasteiger charge is 2.59. The highest BCUT2D eigenvalue weighted by Crippen LogP contribution is 2.61. The Morgan fingerprint density at radius 2 is 1.75 bits per heavy atom. The molecule has 2 atom stereocenters. The number of benzene rings is 2. The van der Waals surface area contributed by atoms with Crippen molar-refractivity contribution in [3.8, 4) is 5.75 Å². The second kappa shape index (κ2) is 4.78. The van der Waals surface area contributed by atoms with Gasteiger partial charge in [-0.1, -0.05) is 42.5 Å². The molecule has 0 radical (unpaired) electrons. The van der Waals surface area contributed by atoms with Crippen LogP contribution in [-0.4, -0.2) is 12.9 Å². The van der Waals surface area contributed by atoms with Gasteiger partial charge < -0.3 is 4.74 Å². The first-order valence-electron chi connectivity index (χ1n) is 6.89. The summed E-state index contributed by atoms with van der Waals surface area (Å²) in [6, 6.07) is 18.2. The highest BCUT2D eigenvalue weighted by molar-refractivity contribution is 5.93. The number of hydrogen-bond donors (Lipinski definition) is 0. The zero-order valence-electron chi connectivity index (χ0n) is 11.8. The summed E-state index contributed by atoms with van der Waals surface area (Å²) in [5.74, 6) is 1.37. The number of hydrogen-bond acceptors (Lipinski definition) is 2. The van der Waals surface area contributed by atoms with Crippen molar-refractivity contribution in [1.29, 1.82) is 0 Å². The maximum absolute atomic E-state index is 12.2. The molecule has 0 amide bonds. The van der Waals surface area contributed by atoms with Crippen molar-refractivity contribution in [2.24, 2.45) is 0 Å². The summed E-state index contributed by atoms with van der Waals surface area (Å²) in [5.41, 5.74) is 2.01. The molecule has 2 aromatic rings. The van der Waals surface area contributed by atoms with Crippen molar-refractivity contribution >= 4 is 5.78 Å². The Bertz CT molecular complexity index is 616. The molecule has 0 spiro atoms. The van der Waals surface area contributed by atoms with E-state index in [4.69, 9.17) is 4.74 Å². The molecule has 0 unspecified atom stereocenters. The van der Waals surface area contributed by atoms with E-state index in [2.05, 4.69) is 12.1 Å². The van der Waals surface area contributed by atoms with Crippen molar-refractivity contribution in [3.63, 3.8) is 0 Å². The quantitative estimate of drug-likeness (QED) is 0.843. The number of Topliss-reactive ketones (excluding diaryl/α,β-unsaturated/α-hetero) is 1. The average molecular weight is 266 g/mol. The molecule has 0 aliphatic heterocycles. The van der Waals surface area contributed by atoms with Gasteiger partial charge in [-0.15, -0.1) is 0 Å². The summed E-state index contributed by atoms with van der Waals surface area (Å²) < 4.78 is 5.19. The SMILES string of the molecule is COc1ccc([C@]2(C(C)=O)C[C@@H]2c2ccccc2)cc1. The molecule has 1 aliphatic carbocycles. The molecule has 1 saturated carbocycles. The molecule has 2 aromatic carbocycles. The van der Waals surface area contributed by atoms with Gasteiger partial charge in [0, 0.05) is 5.92 Å². The Hall–Kier alpha value is -2.09. The van der Waals surface area contributed by atoms with E-state index < -0.39 is 0 Å². The van der Waals surface area contributed by atoms with Crippen molar-refractivity contribution in [2.45, 2.75) is 24.7 Å². The number of carbonyl (C=O) groups excluding carboxylic acids is 1.